The Hall–Kier alpha value is -2.63. The summed E-state index contributed by atoms with van der Waals surface area (Å²) in [5.74, 6) is -1.09. The van der Waals surface area contributed by atoms with Crippen LogP contribution >= 0.6 is 0 Å². The monoisotopic (exact) mass is 474 g/mol. The molecule has 0 spiro atoms. The molecule has 0 saturated carbocycles. The Labute approximate surface area is 207 Å². The summed E-state index contributed by atoms with van der Waals surface area (Å²) in [6.07, 6.45) is 13.1. The van der Waals surface area contributed by atoms with Gasteiger partial charge in [0.05, 0.1) is 12.7 Å². The third kappa shape index (κ3) is 15.3. The highest BCUT2D eigenvalue weighted by Crippen LogP contribution is 2.41. The van der Waals surface area contributed by atoms with Crippen molar-refractivity contribution in [3.63, 3.8) is 0 Å². The van der Waals surface area contributed by atoms with Gasteiger partial charge in [0.25, 0.3) is 0 Å². The van der Waals surface area contributed by atoms with Gasteiger partial charge in [0.2, 0.25) is 0 Å². The number of hydrogen-bond acceptors (Lipinski definition) is 4. The largest absolute Gasteiger partial charge is 0.508 e. The first-order valence-electron chi connectivity index (χ1n) is 12.2. The number of aliphatic carboxylic acids is 1. The van der Waals surface area contributed by atoms with Crippen molar-refractivity contribution < 1.29 is 24.5 Å². The van der Waals surface area contributed by atoms with Gasteiger partial charge in [-0.3, -0.25) is 4.79 Å². The van der Waals surface area contributed by atoms with Gasteiger partial charge in [0.15, 0.2) is 5.79 Å². The van der Waals surface area contributed by atoms with Crippen LogP contribution in [0.25, 0.3) is 0 Å². The molecule has 2 atom stereocenters. The van der Waals surface area contributed by atoms with Gasteiger partial charge in [-0.1, -0.05) is 95.5 Å². The smallest absolute Gasteiger partial charge is 0.303 e. The molecule has 1 saturated heterocycles. The van der Waals surface area contributed by atoms with Gasteiger partial charge in [0, 0.05) is 17.9 Å². The fourth-order valence-electron chi connectivity index (χ4n) is 3.02. The number of aromatic hydroxyl groups is 1. The summed E-state index contributed by atoms with van der Waals surface area (Å²) in [6, 6.07) is 7.24. The second kappa shape index (κ2) is 20.9. The van der Waals surface area contributed by atoms with E-state index in [2.05, 4.69) is 13.2 Å². The summed E-state index contributed by atoms with van der Waals surface area (Å²) in [5.41, 5.74) is 0.786. The van der Waals surface area contributed by atoms with Crippen LogP contribution < -0.4 is 0 Å². The zero-order chi connectivity index (χ0) is 26.4. The maximum absolute atomic E-state index is 10.5. The second-order valence-corrected chi connectivity index (χ2v) is 7.41. The highest BCUT2D eigenvalue weighted by Gasteiger charge is 2.37. The van der Waals surface area contributed by atoms with E-state index in [0.717, 1.165) is 18.4 Å². The Kier molecular flexibility index (Phi) is 20.7. The molecular formula is C29H46O5. The van der Waals surface area contributed by atoms with Crippen LogP contribution in [0.4, 0.5) is 0 Å². The third-order valence-electron chi connectivity index (χ3n) is 4.51. The average molecular weight is 475 g/mol. The van der Waals surface area contributed by atoms with Gasteiger partial charge >= 0.3 is 5.97 Å². The van der Waals surface area contributed by atoms with Crippen molar-refractivity contribution in [2.45, 2.75) is 79.1 Å². The number of allylic oxidation sites excluding steroid dienone is 6. The summed E-state index contributed by atoms with van der Waals surface area (Å²) < 4.78 is 11.9. The summed E-state index contributed by atoms with van der Waals surface area (Å²) in [5, 5.41) is 18.8. The molecule has 1 aromatic carbocycles. The van der Waals surface area contributed by atoms with E-state index < -0.39 is 11.8 Å². The lowest BCUT2D eigenvalue weighted by Gasteiger charge is -2.41. The molecule has 2 N–H and O–H groups in total. The number of carboxylic acid groups (broad SMARTS) is 1. The molecule has 0 aromatic heterocycles. The van der Waals surface area contributed by atoms with Crippen LogP contribution in [0.2, 0.25) is 0 Å². The number of hydrogen-bond donors (Lipinski definition) is 2. The van der Waals surface area contributed by atoms with Crippen LogP contribution in [0.3, 0.4) is 0 Å². The maximum Gasteiger partial charge on any atom is 0.303 e. The number of rotatable bonds is 9. The van der Waals surface area contributed by atoms with E-state index in [1.54, 1.807) is 24.3 Å². The lowest BCUT2D eigenvalue weighted by molar-refractivity contribution is -0.296. The minimum Gasteiger partial charge on any atom is -0.508 e. The topological polar surface area (TPSA) is 76.0 Å². The molecule has 1 heterocycles. The molecule has 192 valence electrons. The van der Waals surface area contributed by atoms with Crippen LogP contribution in [0.15, 0.2) is 73.9 Å². The van der Waals surface area contributed by atoms with Crippen LogP contribution in [0.5, 0.6) is 5.75 Å². The molecule has 0 aliphatic carbocycles. The first-order chi connectivity index (χ1) is 16.3. The van der Waals surface area contributed by atoms with E-state index in [0.29, 0.717) is 13.0 Å². The standard InChI is InChI=1S/C19H26O5.C6H8.2C2H6/c1-19(2)23-13-14(9-5-3-4-6-12-17(21)22)18(24-19)15-10-7-8-11-16(15)20;1-3-5-6-4-2;2*1-2/h3-4,7-8,10-11,14,18,20H,5-6,9,12-13H2,1-2H3,(H,21,22);3-6H,1-2H2;2*1-2H3/b4-3-;6-5-;;. The van der Waals surface area contributed by atoms with Gasteiger partial charge in [-0.15, -0.1) is 0 Å². The van der Waals surface area contributed by atoms with Crippen molar-refractivity contribution in [2.75, 3.05) is 6.61 Å². The Bertz CT molecular complexity index is 724. The van der Waals surface area contributed by atoms with Crippen LogP contribution in [-0.4, -0.2) is 28.6 Å². The van der Waals surface area contributed by atoms with Gasteiger partial charge in [-0.25, -0.2) is 0 Å². The molecule has 1 aliphatic rings. The molecule has 1 aliphatic heterocycles. The predicted molar refractivity (Wildman–Crippen MR) is 143 cm³/mol. The fourth-order valence-corrected chi connectivity index (χ4v) is 3.02. The molecule has 0 bridgehead atoms. The Morgan fingerprint density at radius 2 is 1.62 bits per heavy atom. The zero-order valence-corrected chi connectivity index (χ0v) is 22.0. The highest BCUT2D eigenvalue weighted by atomic mass is 16.7. The van der Waals surface area contributed by atoms with E-state index in [-0.39, 0.29) is 24.2 Å². The number of phenols is 1. The van der Waals surface area contributed by atoms with Gasteiger partial charge in [-0.05, 0) is 39.2 Å². The summed E-state index contributed by atoms with van der Waals surface area (Å²) in [4.78, 5) is 10.5. The minimum absolute atomic E-state index is 0.135. The predicted octanol–water partition coefficient (Wildman–Crippen LogP) is 8.00. The van der Waals surface area contributed by atoms with Crippen molar-refractivity contribution in [1.29, 1.82) is 0 Å². The molecule has 2 rings (SSSR count). The van der Waals surface area contributed by atoms with Crippen LogP contribution in [0.1, 0.15) is 78.9 Å². The molecule has 34 heavy (non-hydrogen) atoms. The number of carboxylic acids is 1. The maximum atomic E-state index is 10.5. The molecular weight excluding hydrogens is 428 g/mol. The lowest BCUT2D eigenvalue weighted by Crippen LogP contribution is -2.41. The summed E-state index contributed by atoms with van der Waals surface area (Å²) in [6.45, 7) is 19.2. The Morgan fingerprint density at radius 1 is 1.06 bits per heavy atom. The second-order valence-electron chi connectivity index (χ2n) is 7.41. The third-order valence-corrected chi connectivity index (χ3v) is 4.51. The first kappa shape index (κ1) is 33.5. The number of benzene rings is 1. The van der Waals surface area contributed by atoms with Gasteiger partial charge < -0.3 is 19.7 Å². The number of ether oxygens (including phenoxy) is 2. The van der Waals surface area contributed by atoms with Crippen molar-refractivity contribution in [1.82, 2.24) is 0 Å². The molecule has 5 heteroatoms. The number of para-hydroxylation sites is 1. The summed E-state index contributed by atoms with van der Waals surface area (Å²) in [7, 11) is 0. The fraction of sp³-hybridized carbons (Fsp3) is 0.483. The van der Waals surface area contributed by atoms with Crippen molar-refractivity contribution in [2.24, 2.45) is 5.92 Å². The molecule has 1 aromatic rings. The van der Waals surface area contributed by atoms with Crippen molar-refractivity contribution in [3.8, 4) is 5.75 Å². The van der Waals surface area contributed by atoms with E-state index in [1.807, 2.05) is 78.0 Å². The van der Waals surface area contributed by atoms with Gasteiger partial charge in [0.1, 0.15) is 5.75 Å². The van der Waals surface area contributed by atoms with E-state index in [9.17, 15) is 9.90 Å². The van der Waals surface area contributed by atoms with E-state index in [4.69, 9.17) is 14.6 Å². The van der Waals surface area contributed by atoms with E-state index in [1.165, 1.54) is 0 Å². The minimum atomic E-state index is -0.782. The normalized spacial score (nSPS) is 18.4. The molecule has 0 amide bonds. The Morgan fingerprint density at radius 3 is 2.15 bits per heavy atom. The van der Waals surface area contributed by atoms with Crippen LogP contribution in [0, 0.1) is 5.92 Å². The molecule has 2 unspecified atom stereocenters. The lowest BCUT2D eigenvalue weighted by atomic mass is 9.90. The molecule has 1 fully saturated rings. The molecule has 0 radical (unpaired) electrons. The summed E-state index contributed by atoms with van der Waals surface area (Å²) >= 11 is 0. The number of carbonyl (C=O) groups is 1. The van der Waals surface area contributed by atoms with Crippen molar-refractivity contribution in [3.05, 3.63) is 79.4 Å². The van der Waals surface area contributed by atoms with Crippen LogP contribution in [-0.2, 0) is 14.3 Å². The van der Waals surface area contributed by atoms with E-state index >= 15 is 0 Å². The van der Waals surface area contributed by atoms with Gasteiger partial charge in [-0.2, -0.15) is 0 Å². The van der Waals surface area contributed by atoms with Crippen molar-refractivity contribution >= 4 is 5.97 Å². The quantitative estimate of drug-likeness (QED) is 0.280. The molecule has 5 nitrogen and oxygen atoms in total. The SMILES string of the molecule is C=C/C=C\C=C.CC.CC.CC1(C)OCC(CC/C=C\CCC(=O)O)C(c2ccccc2O)O1. The Balaban J connectivity index is 0. The number of phenolic OH excluding ortho intramolecular Hbond substituents is 1. The zero-order valence-electron chi connectivity index (χ0n) is 22.0. The average Bonchev–Trinajstić information content (AvgIpc) is 2.83. The highest BCUT2D eigenvalue weighted by molar-refractivity contribution is 5.66. The first-order valence-corrected chi connectivity index (χ1v) is 12.2.